The zero-order valence-corrected chi connectivity index (χ0v) is 17.0. The standard InChI is InChI=1S/C17H22Cl2N2O5S/c18-13-6-3-8-15(16(13)19)26-27(23,24)20-17(22)25-11-12-5-4-10-21-9-2-1-7-14(12)21/h3,6,8,12,14H,1-2,4-5,7,9-11H2,(H,20,22)/t12-,14+/m0/s1. The van der Waals surface area contributed by atoms with Gasteiger partial charge in [-0.3, -0.25) is 4.90 Å². The molecule has 0 unspecified atom stereocenters. The van der Waals surface area contributed by atoms with Crippen molar-refractivity contribution in [2.75, 3.05) is 19.7 Å². The van der Waals surface area contributed by atoms with E-state index < -0.39 is 16.4 Å². The third-order valence-electron chi connectivity index (χ3n) is 4.98. The monoisotopic (exact) mass is 436 g/mol. The van der Waals surface area contributed by atoms with Crippen molar-refractivity contribution < 1.29 is 22.1 Å². The molecule has 2 heterocycles. The molecule has 0 bridgehead atoms. The number of halogens is 2. The van der Waals surface area contributed by atoms with Crippen molar-refractivity contribution in [3.05, 3.63) is 28.2 Å². The van der Waals surface area contributed by atoms with Gasteiger partial charge in [-0.15, -0.1) is 0 Å². The predicted molar refractivity (Wildman–Crippen MR) is 102 cm³/mol. The third-order valence-corrected chi connectivity index (χ3v) is 6.60. The molecular weight excluding hydrogens is 415 g/mol. The number of nitrogens with zero attached hydrogens (tertiary/aromatic N) is 1. The van der Waals surface area contributed by atoms with Crippen molar-refractivity contribution in [3.8, 4) is 5.75 Å². The van der Waals surface area contributed by atoms with Crippen LogP contribution in [0.3, 0.4) is 0 Å². The Morgan fingerprint density at radius 2 is 1.96 bits per heavy atom. The molecule has 1 aromatic rings. The van der Waals surface area contributed by atoms with Crippen LogP contribution in [-0.4, -0.2) is 45.1 Å². The number of ether oxygens (including phenoxy) is 1. The Morgan fingerprint density at radius 3 is 2.78 bits per heavy atom. The van der Waals surface area contributed by atoms with Gasteiger partial charge in [0, 0.05) is 12.0 Å². The first kappa shape index (κ1) is 20.5. The summed E-state index contributed by atoms with van der Waals surface area (Å²) < 4.78 is 35.7. The van der Waals surface area contributed by atoms with Gasteiger partial charge in [0.15, 0.2) is 5.75 Å². The Morgan fingerprint density at radius 1 is 1.19 bits per heavy atom. The molecule has 1 amide bonds. The van der Waals surface area contributed by atoms with E-state index in [1.165, 1.54) is 31.0 Å². The fraction of sp³-hybridized carbons (Fsp3) is 0.588. The van der Waals surface area contributed by atoms with Crippen LogP contribution < -0.4 is 8.91 Å². The van der Waals surface area contributed by atoms with E-state index in [2.05, 4.69) is 4.90 Å². The first-order valence-electron chi connectivity index (χ1n) is 8.93. The van der Waals surface area contributed by atoms with Crippen LogP contribution in [0.5, 0.6) is 5.75 Å². The van der Waals surface area contributed by atoms with Crippen LogP contribution in [0.4, 0.5) is 4.79 Å². The molecular formula is C17H22Cl2N2O5S. The van der Waals surface area contributed by atoms with Crippen molar-refractivity contribution in [1.29, 1.82) is 0 Å². The second kappa shape index (κ2) is 8.86. The van der Waals surface area contributed by atoms with Gasteiger partial charge in [-0.2, -0.15) is 13.1 Å². The highest BCUT2D eigenvalue weighted by molar-refractivity contribution is 7.85. The number of hydrogen-bond acceptors (Lipinski definition) is 6. The fourth-order valence-corrected chi connectivity index (χ4v) is 4.83. The lowest BCUT2D eigenvalue weighted by molar-refractivity contribution is 0.0244. The number of carbonyl (C=O) groups is 1. The van der Waals surface area contributed by atoms with Crippen LogP contribution in [0.25, 0.3) is 0 Å². The van der Waals surface area contributed by atoms with Crippen LogP contribution in [-0.2, 0) is 15.0 Å². The van der Waals surface area contributed by atoms with Crippen molar-refractivity contribution in [1.82, 2.24) is 9.62 Å². The van der Waals surface area contributed by atoms with E-state index in [-0.39, 0.29) is 28.3 Å². The summed E-state index contributed by atoms with van der Waals surface area (Å²) in [6.45, 7) is 2.34. The van der Waals surface area contributed by atoms with Gasteiger partial charge in [0.25, 0.3) is 0 Å². The molecule has 7 nitrogen and oxygen atoms in total. The molecule has 2 fully saturated rings. The van der Waals surface area contributed by atoms with E-state index in [0.717, 1.165) is 32.4 Å². The average molecular weight is 437 g/mol. The molecule has 1 N–H and O–H groups in total. The van der Waals surface area contributed by atoms with E-state index in [4.69, 9.17) is 32.1 Å². The lowest BCUT2D eigenvalue weighted by atomic mass is 9.84. The largest absolute Gasteiger partial charge is 0.448 e. The minimum atomic E-state index is -4.43. The van der Waals surface area contributed by atoms with Crippen molar-refractivity contribution >= 4 is 39.6 Å². The Labute approximate surface area is 169 Å². The fourth-order valence-electron chi connectivity index (χ4n) is 3.77. The summed E-state index contributed by atoms with van der Waals surface area (Å²) in [6.07, 6.45) is 4.42. The molecule has 0 spiro atoms. The molecule has 150 valence electrons. The average Bonchev–Trinajstić information content (AvgIpc) is 2.63. The molecule has 2 saturated heterocycles. The maximum Gasteiger partial charge on any atom is 0.423 e. The number of fused-ring (bicyclic) bond motifs is 1. The Hall–Kier alpha value is -1.22. The van der Waals surface area contributed by atoms with E-state index in [1.54, 1.807) is 4.72 Å². The number of piperidine rings is 2. The van der Waals surface area contributed by atoms with Gasteiger partial charge in [-0.25, -0.2) is 4.79 Å². The summed E-state index contributed by atoms with van der Waals surface area (Å²) in [6, 6.07) is 4.71. The zero-order valence-electron chi connectivity index (χ0n) is 14.7. The number of rotatable bonds is 5. The predicted octanol–water partition coefficient (Wildman–Crippen LogP) is 3.61. The van der Waals surface area contributed by atoms with Crippen molar-refractivity contribution in [2.24, 2.45) is 5.92 Å². The minimum absolute atomic E-state index is 0.0579. The van der Waals surface area contributed by atoms with Crippen molar-refractivity contribution in [3.63, 3.8) is 0 Å². The van der Waals surface area contributed by atoms with E-state index in [1.807, 2.05) is 0 Å². The smallest absolute Gasteiger partial charge is 0.423 e. The first-order valence-corrected chi connectivity index (χ1v) is 11.1. The Bertz CT molecular complexity index is 788. The maximum absolute atomic E-state index is 12.0. The SMILES string of the molecule is O=C(NS(=O)(=O)Oc1cccc(Cl)c1Cl)OC[C@@H]1CCCN2CCCC[C@H]12. The third kappa shape index (κ3) is 5.40. The summed E-state index contributed by atoms with van der Waals surface area (Å²) in [7, 11) is -4.43. The number of carbonyl (C=O) groups excluding carboxylic acids is 1. The van der Waals surface area contributed by atoms with Crippen LogP contribution in [0.2, 0.25) is 10.0 Å². The molecule has 2 atom stereocenters. The molecule has 2 aliphatic heterocycles. The second-order valence-corrected chi connectivity index (χ2v) is 8.86. The lowest BCUT2D eigenvalue weighted by Gasteiger charge is -2.44. The molecule has 1 aromatic carbocycles. The van der Waals surface area contributed by atoms with Gasteiger partial charge in [0.1, 0.15) is 5.02 Å². The highest BCUT2D eigenvalue weighted by Gasteiger charge is 2.34. The van der Waals surface area contributed by atoms with Gasteiger partial charge in [-0.05, 0) is 50.9 Å². The van der Waals surface area contributed by atoms with E-state index in [9.17, 15) is 13.2 Å². The summed E-state index contributed by atoms with van der Waals surface area (Å²) in [4.78, 5) is 14.4. The Balaban J connectivity index is 1.53. The molecule has 2 aliphatic rings. The van der Waals surface area contributed by atoms with Crippen LogP contribution in [0.1, 0.15) is 32.1 Å². The Kier molecular flexibility index (Phi) is 6.73. The molecule has 0 saturated carbocycles. The molecule has 10 heteroatoms. The van der Waals surface area contributed by atoms with Gasteiger partial charge in [-0.1, -0.05) is 35.7 Å². The van der Waals surface area contributed by atoms with Gasteiger partial charge in [0.05, 0.1) is 11.6 Å². The molecule has 27 heavy (non-hydrogen) atoms. The van der Waals surface area contributed by atoms with Gasteiger partial charge < -0.3 is 8.92 Å². The van der Waals surface area contributed by atoms with Crippen molar-refractivity contribution in [2.45, 2.75) is 38.1 Å². The van der Waals surface area contributed by atoms with E-state index in [0.29, 0.717) is 6.04 Å². The topological polar surface area (TPSA) is 84.9 Å². The van der Waals surface area contributed by atoms with Gasteiger partial charge in [0.2, 0.25) is 0 Å². The quantitative estimate of drug-likeness (QED) is 0.758. The molecule has 0 aliphatic carbocycles. The number of benzene rings is 1. The number of hydrogen-bond donors (Lipinski definition) is 1. The first-order chi connectivity index (χ1) is 12.9. The van der Waals surface area contributed by atoms with Crippen LogP contribution in [0, 0.1) is 5.92 Å². The summed E-state index contributed by atoms with van der Waals surface area (Å²) in [5.41, 5.74) is 0. The molecule has 0 radical (unpaired) electrons. The van der Waals surface area contributed by atoms with Gasteiger partial charge >= 0.3 is 16.4 Å². The molecule has 3 rings (SSSR count). The summed E-state index contributed by atoms with van der Waals surface area (Å²) in [5, 5.41) is 0.0822. The summed E-state index contributed by atoms with van der Waals surface area (Å²) >= 11 is 11.7. The van der Waals surface area contributed by atoms with E-state index >= 15 is 0 Å². The van der Waals surface area contributed by atoms with Crippen LogP contribution in [0.15, 0.2) is 18.2 Å². The highest BCUT2D eigenvalue weighted by Crippen LogP contribution is 2.32. The number of nitrogens with one attached hydrogen (secondary N) is 1. The normalized spacial score (nSPS) is 23.3. The second-order valence-electron chi connectivity index (χ2n) is 6.79. The maximum atomic E-state index is 12.0. The highest BCUT2D eigenvalue weighted by atomic mass is 35.5. The summed E-state index contributed by atoms with van der Waals surface area (Å²) in [5.74, 6) is 0.0467. The lowest BCUT2D eigenvalue weighted by Crippen LogP contribution is -2.49. The molecule has 0 aromatic heterocycles. The van der Waals surface area contributed by atoms with Crippen LogP contribution >= 0.6 is 23.2 Å². The minimum Gasteiger partial charge on any atom is -0.448 e. The zero-order chi connectivity index (χ0) is 19.4. The number of amides is 1.